The van der Waals surface area contributed by atoms with Crippen LogP contribution in [0.3, 0.4) is 0 Å². The summed E-state index contributed by atoms with van der Waals surface area (Å²) in [4.78, 5) is 10.9. The Bertz CT molecular complexity index is 578. The third-order valence-corrected chi connectivity index (χ3v) is 6.79. The Labute approximate surface area is 116 Å². The first-order valence-electron chi connectivity index (χ1n) is 6.18. The molecule has 1 aliphatic rings. The fourth-order valence-corrected chi connectivity index (χ4v) is 5.42. The van der Waals surface area contributed by atoms with E-state index in [2.05, 4.69) is 0 Å². The van der Waals surface area contributed by atoms with Crippen molar-refractivity contribution in [3.05, 3.63) is 16.3 Å². The van der Waals surface area contributed by atoms with E-state index in [9.17, 15) is 13.2 Å². The smallest absolute Gasteiger partial charge is 0.347 e. The number of thiophene rings is 1. The average Bonchev–Trinajstić information content (AvgIpc) is 2.82. The fourth-order valence-electron chi connectivity index (χ4n) is 2.42. The number of hydrogen-bond acceptors (Lipinski definition) is 4. The van der Waals surface area contributed by atoms with Gasteiger partial charge in [-0.1, -0.05) is 6.92 Å². The number of nitrogens with zero attached hydrogens (tertiary/aromatic N) is 1. The van der Waals surface area contributed by atoms with E-state index in [1.54, 1.807) is 0 Å². The number of carboxylic acids is 1. The van der Waals surface area contributed by atoms with Crippen LogP contribution in [0, 0.1) is 5.92 Å². The largest absolute Gasteiger partial charge is 0.477 e. The first kappa shape index (κ1) is 14.5. The van der Waals surface area contributed by atoms with Gasteiger partial charge in [0, 0.05) is 12.6 Å². The number of carboxylic acid groups (broad SMARTS) is 1. The van der Waals surface area contributed by atoms with E-state index in [1.807, 2.05) is 13.8 Å². The van der Waals surface area contributed by atoms with E-state index in [0.29, 0.717) is 6.54 Å². The lowest BCUT2D eigenvalue weighted by atomic mass is 9.94. The first-order chi connectivity index (χ1) is 8.85. The molecule has 19 heavy (non-hydrogen) atoms. The van der Waals surface area contributed by atoms with E-state index >= 15 is 0 Å². The third kappa shape index (κ3) is 2.54. The molecule has 2 heterocycles. The van der Waals surface area contributed by atoms with Crippen molar-refractivity contribution in [1.29, 1.82) is 0 Å². The molecule has 1 aliphatic heterocycles. The van der Waals surface area contributed by atoms with E-state index in [-0.39, 0.29) is 21.7 Å². The van der Waals surface area contributed by atoms with Crippen LogP contribution in [0.5, 0.6) is 0 Å². The van der Waals surface area contributed by atoms with E-state index in [4.69, 9.17) is 5.11 Å². The molecular weight excluding hydrogens is 286 g/mol. The highest BCUT2D eigenvalue weighted by molar-refractivity contribution is 7.89. The minimum atomic E-state index is -3.71. The van der Waals surface area contributed by atoms with Crippen LogP contribution in [0.4, 0.5) is 0 Å². The maximum Gasteiger partial charge on any atom is 0.347 e. The van der Waals surface area contributed by atoms with Crippen molar-refractivity contribution in [3.63, 3.8) is 0 Å². The Balaban J connectivity index is 2.42. The van der Waals surface area contributed by atoms with Crippen LogP contribution in [0.1, 0.15) is 36.4 Å². The van der Waals surface area contributed by atoms with Crippen molar-refractivity contribution in [1.82, 2.24) is 4.31 Å². The lowest BCUT2D eigenvalue weighted by Crippen LogP contribution is -2.46. The van der Waals surface area contributed by atoms with Crippen LogP contribution in [0.2, 0.25) is 0 Å². The molecule has 0 radical (unpaired) electrons. The summed E-state index contributed by atoms with van der Waals surface area (Å²) in [6.45, 7) is 4.37. The second-order valence-electron chi connectivity index (χ2n) is 4.89. The zero-order valence-electron chi connectivity index (χ0n) is 10.9. The summed E-state index contributed by atoms with van der Waals surface area (Å²) in [6.07, 6.45) is 1.82. The molecule has 2 rings (SSSR count). The summed E-state index contributed by atoms with van der Waals surface area (Å²) in [5.41, 5.74) is 0. The van der Waals surface area contributed by atoms with Crippen molar-refractivity contribution < 1.29 is 18.3 Å². The van der Waals surface area contributed by atoms with Crippen LogP contribution in [-0.2, 0) is 10.0 Å². The minimum Gasteiger partial charge on any atom is -0.477 e. The summed E-state index contributed by atoms with van der Waals surface area (Å²) in [6, 6.07) is 1.29. The molecule has 2 atom stereocenters. The molecular formula is C12H17NO4S2. The van der Waals surface area contributed by atoms with Crippen molar-refractivity contribution in [2.24, 2.45) is 5.92 Å². The van der Waals surface area contributed by atoms with Gasteiger partial charge < -0.3 is 5.11 Å². The predicted octanol–water partition coefficient (Wildman–Crippen LogP) is 2.26. The van der Waals surface area contributed by atoms with Crippen LogP contribution in [0.15, 0.2) is 16.3 Å². The van der Waals surface area contributed by atoms with Crippen LogP contribution >= 0.6 is 11.3 Å². The van der Waals surface area contributed by atoms with Gasteiger partial charge >= 0.3 is 5.97 Å². The van der Waals surface area contributed by atoms with E-state index < -0.39 is 16.0 Å². The number of aromatic carboxylic acids is 1. The summed E-state index contributed by atoms with van der Waals surface area (Å²) >= 11 is 0.945. The lowest BCUT2D eigenvalue weighted by Gasteiger charge is -2.36. The van der Waals surface area contributed by atoms with Crippen LogP contribution in [-0.4, -0.2) is 36.4 Å². The molecule has 1 saturated heterocycles. The third-order valence-electron chi connectivity index (χ3n) is 3.73. The van der Waals surface area contributed by atoms with Gasteiger partial charge in [-0.15, -0.1) is 11.3 Å². The molecule has 1 N–H and O–H groups in total. The van der Waals surface area contributed by atoms with Gasteiger partial charge in [-0.05, 0) is 37.1 Å². The molecule has 0 spiro atoms. The van der Waals surface area contributed by atoms with Gasteiger partial charge in [-0.25, -0.2) is 13.2 Å². The maximum absolute atomic E-state index is 12.6. The highest BCUT2D eigenvalue weighted by atomic mass is 32.2. The molecule has 0 bridgehead atoms. The molecule has 0 saturated carbocycles. The van der Waals surface area contributed by atoms with Crippen molar-refractivity contribution in [2.45, 2.75) is 37.6 Å². The molecule has 1 fully saturated rings. The molecule has 106 valence electrons. The molecule has 0 aromatic carbocycles. The SMILES string of the molecule is CC1CCCN(S(=O)(=O)c2ccsc2C(=O)O)C1C. The van der Waals surface area contributed by atoms with Crippen LogP contribution < -0.4 is 0 Å². The lowest BCUT2D eigenvalue weighted by molar-refractivity contribution is 0.0698. The molecule has 1 aromatic rings. The molecule has 0 aliphatic carbocycles. The fraction of sp³-hybridized carbons (Fsp3) is 0.583. The Hall–Kier alpha value is -0.920. The Kier molecular flexibility index (Phi) is 3.98. The topological polar surface area (TPSA) is 74.7 Å². The molecule has 7 heteroatoms. The zero-order valence-corrected chi connectivity index (χ0v) is 12.5. The maximum atomic E-state index is 12.6. The number of sulfonamides is 1. The second-order valence-corrected chi connectivity index (χ2v) is 7.67. The average molecular weight is 303 g/mol. The highest BCUT2D eigenvalue weighted by Gasteiger charge is 2.36. The van der Waals surface area contributed by atoms with Gasteiger partial charge in [0.1, 0.15) is 9.77 Å². The molecule has 1 aromatic heterocycles. The summed E-state index contributed by atoms with van der Waals surface area (Å²) < 4.78 is 26.6. The zero-order chi connectivity index (χ0) is 14.2. The number of carbonyl (C=O) groups is 1. The minimum absolute atomic E-state index is 0.0778. The first-order valence-corrected chi connectivity index (χ1v) is 8.50. The monoisotopic (exact) mass is 303 g/mol. The number of rotatable bonds is 3. The van der Waals surface area contributed by atoms with Gasteiger partial charge in [0.2, 0.25) is 10.0 Å². The Morgan fingerprint density at radius 3 is 2.79 bits per heavy atom. The normalized spacial score (nSPS) is 25.4. The highest BCUT2D eigenvalue weighted by Crippen LogP contribution is 2.31. The van der Waals surface area contributed by atoms with Gasteiger partial charge in [-0.2, -0.15) is 4.31 Å². The van der Waals surface area contributed by atoms with Gasteiger partial charge in [0.05, 0.1) is 0 Å². The molecule has 5 nitrogen and oxygen atoms in total. The van der Waals surface area contributed by atoms with Gasteiger partial charge in [0.25, 0.3) is 0 Å². The van der Waals surface area contributed by atoms with E-state index in [1.165, 1.54) is 15.8 Å². The molecule has 2 unspecified atom stereocenters. The Morgan fingerprint density at radius 1 is 1.47 bits per heavy atom. The van der Waals surface area contributed by atoms with Crippen molar-refractivity contribution in [3.8, 4) is 0 Å². The van der Waals surface area contributed by atoms with Gasteiger partial charge in [-0.3, -0.25) is 0 Å². The summed E-state index contributed by atoms with van der Waals surface area (Å²) in [5.74, 6) is -0.901. The number of piperidine rings is 1. The predicted molar refractivity (Wildman–Crippen MR) is 73.0 cm³/mol. The standard InChI is InChI=1S/C12H17NO4S2/c1-8-4-3-6-13(9(8)2)19(16,17)10-5-7-18-11(10)12(14)15/h5,7-9H,3-4,6H2,1-2H3,(H,14,15). The van der Waals surface area contributed by atoms with Crippen LogP contribution in [0.25, 0.3) is 0 Å². The summed E-state index contributed by atoms with van der Waals surface area (Å²) in [5, 5.41) is 10.6. The van der Waals surface area contributed by atoms with Crippen molar-refractivity contribution >= 4 is 27.3 Å². The quantitative estimate of drug-likeness (QED) is 0.929. The van der Waals surface area contributed by atoms with Crippen molar-refractivity contribution in [2.75, 3.05) is 6.54 Å². The second kappa shape index (κ2) is 5.22. The van der Waals surface area contributed by atoms with Gasteiger partial charge in [0.15, 0.2) is 0 Å². The molecule has 0 amide bonds. The number of hydrogen-bond donors (Lipinski definition) is 1. The summed E-state index contributed by atoms with van der Waals surface area (Å²) in [7, 11) is -3.71. The Morgan fingerprint density at radius 2 is 2.16 bits per heavy atom. The van der Waals surface area contributed by atoms with E-state index in [0.717, 1.165) is 24.2 Å².